The monoisotopic (exact) mass is 408 g/mol. The first kappa shape index (κ1) is 18.7. The highest BCUT2D eigenvalue weighted by Gasteiger charge is 2.51. The number of benzene rings is 1. The number of H-pyrrole nitrogens is 1. The lowest BCUT2D eigenvalue weighted by Gasteiger charge is -2.40. The lowest BCUT2D eigenvalue weighted by molar-refractivity contribution is -0.169. The summed E-state index contributed by atoms with van der Waals surface area (Å²) >= 11 is 0. The van der Waals surface area contributed by atoms with E-state index < -0.39 is 11.6 Å². The molecular weight excluding hydrogens is 387 g/mol. The minimum Gasteiger partial charge on any atom is -0.479 e. The molecule has 0 bridgehead atoms. The highest BCUT2D eigenvalue weighted by Crippen LogP contribution is 2.50. The van der Waals surface area contributed by atoms with E-state index in [2.05, 4.69) is 28.6 Å². The molecule has 3 N–H and O–H groups in total. The average Bonchev–Trinajstić information content (AvgIpc) is 3.26. The Balaban J connectivity index is 1.81. The third-order valence-corrected chi connectivity index (χ3v) is 6.03. The van der Waals surface area contributed by atoms with Crippen molar-refractivity contribution in [2.45, 2.75) is 44.1 Å². The number of rotatable bonds is 4. The number of aromatic nitrogens is 4. The third-order valence-electron chi connectivity index (χ3n) is 6.03. The SMILES string of the molecule is CC(C)c1c([C@H]2C[C@](O)(C(=O)O)C2)c2nc3[nH]ncc3cc2n1-c1ccc(F)cc1. The van der Waals surface area contributed by atoms with Gasteiger partial charge in [0.1, 0.15) is 5.82 Å². The number of carboxylic acid groups (broad SMARTS) is 1. The van der Waals surface area contributed by atoms with Crippen LogP contribution in [-0.4, -0.2) is 41.5 Å². The average molecular weight is 408 g/mol. The number of aliphatic carboxylic acids is 1. The second-order valence-corrected chi connectivity index (χ2v) is 8.37. The number of fused-ring (bicyclic) bond motifs is 2. The van der Waals surface area contributed by atoms with Gasteiger partial charge in [0.05, 0.1) is 17.2 Å². The highest BCUT2D eigenvalue weighted by atomic mass is 19.1. The van der Waals surface area contributed by atoms with E-state index in [9.17, 15) is 19.4 Å². The zero-order valence-corrected chi connectivity index (χ0v) is 16.6. The van der Waals surface area contributed by atoms with Gasteiger partial charge in [0, 0.05) is 22.3 Å². The number of aromatic amines is 1. The van der Waals surface area contributed by atoms with Gasteiger partial charge in [-0.2, -0.15) is 5.10 Å². The molecule has 8 heteroatoms. The fourth-order valence-corrected chi connectivity index (χ4v) is 4.58. The Morgan fingerprint density at radius 2 is 2.00 bits per heavy atom. The lowest BCUT2D eigenvalue weighted by Crippen LogP contribution is -2.49. The molecule has 0 atom stereocenters. The van der Waals surface area contributed by atoms with Crippen LogP contribution in [0, 0.1) is 5.82 Å². The van der Waals surface area contributed by atoms with Crippen molar-refractivity contribution >= 4 is 28.0 Å². The smallest absolute Gasteiger partial charge is 0.335 e. The molecule has 4 aromatic rings. The van der Waals surface area contributed by atoms with Crippen LogP contribution >= 0.6 is 0 Å². The van der Waals surface area contributed by atoms with Crippen LogP contribution in [0.3, 0.4) is 0 Å². The van der Waals surface area contributed by atoms with Gasteiger partial charge in [-0.1, -0.05) is 13.8 Å². The molecule has 1 saturated carbocycles. The molecular formula is C22H21FN4O3. The first-order chi connectivity index (χ1) is 14.3. The molecule has 0 unspecified atom stereocenters. The van der Waals surface area contributed by atoms with Crippen LogP contribution in [0.5, 0.6) is 0 Å². The predicted molar refractivity (Wildman–Crippen MR) is 109 cm³/mol. The molecule has 0 aliphatic heterocycles. The van der Waals surface area contributed by atoms with Crippen molar-refractivity contribution in [1.82, 2.24) is 19.7 Å². The zero-order chi connectivity index (χ0) is 21.2. The van der Waals surface area contributed by atoms with Crippen LogP contribution in [0.25, 0.3) is 27.8 Å². The number of aliphatic hydroxyl groups is 1. The van der Waals surface area contributed by atoms with Crippen LogP contribution < -0.4 is 0 Å². The summed E-state index contributed by atoms with van der Waals surface area (Å²) in [7, 11) is 0. The molecule has 1 fully saturated rings. The van der Waals surface area contributed by atoms with E-state index in [1.807, 2.05) is 6.07 Å². The number of carboxylic acids is 1. The highest BCUT2D eigenvalue weighted by molar-refractivity contribution is 5.94. The van der Waals surface area contributed by atoms with Gasteiger partial charge in [0.15, 0.2) is 11.2 Å². The molecule has 3 heterocycles. The number of nitrogens with one attached hydrogen (secondary N) is 1. The molecule has 0 amide bonds. The van der Waals surface area contributed by atoms with Gasteiger partial charge in [-0.3, -0.25) is 5.10 Å². The number of pyridine rings is 1. The van der Waals surface area contributed by atoms with Gasteiger partial charge in [0.2, 0.25) is 0 Å². The Labute approximate surface area is 171 Å². The zero-order valence-electron chi connectivity index (χ0n) is 16.6. The molecule has 3 aromatic heterocycles. The summed E-state index contributed by atoms with van der Waals surface area (Å²) in [6.45, 7) is 4.13. The maximum absolute atomic E-state index is 13.6. The molecule has 7 nitrogen and oxygen atoms in total. The van der Waals surface area contributed by atoms with E-state index in [1.165, 1.54) is 12.1 Å². The van der Waals surface area contributed by atoms with Crippen molar-refractivity contribution in [3.63, 3.8) is 0 Å². The summed E-state index contributed by atoms with van der Waals surface area (Å²) < 4.78 is 15.6. The molecule has 154 valence electrons. The van der Waals surface area contributed by atoms with Crippen LogP contribution in [0.4, 0.5) is 4.39 Å². The molecule has 0 saturated heterocycles. The number of halogens is 1. The first-order valence-electron chi connectivity index (χ1n) is 9.88. The molecule has 0 radical (unpaired) electrons. The van der Waals surface area contributed by atoms with Crippen molar-refractivity contribution in [2.24, 2.45) is 0 Å². The Morgan fingerprint density at radius 1 is 1.30 bits per heavy atom. The van der Waals surface area contributed by atoms with E-state index in [1.54, 1.807) is 18.3 Å². The van der Waals surface area contributed by atoms with Crippen molar-refractivity contribution in [2.75, 3.05) is 0 Å². The second kappa shape index (κ2) is 6.37. The molecule has 1 aromatic carbocycles. The molecule has 1 aliphatic carbocycles. The van der Waals surface area contributed by atoms with Crippen LogP contribution in [0.2, 0.25) is 0 Å². The fourth-order valence-electron chi connectivity index (χ4n) is 4.58. The largest absolute Gasteiger partial charge is 0.479 e. The van der Waals surface area contributed by atoms with Gasteiger partial charge < -0.3 is 14.8 Å². The summed E-state index contributed by atoms with van der Waals surface area (Å²) in [5.74, 6) is -1.56. The van der Waals surface area contributed by atoms with Crippen LogP contribution in [-0.2, 0) is 4.79 Å². The van der Waals surface area contributed by atoms with E-state index in [0.29, 0.717) is 5.65 Å². The fraction of sp³-hybridized carbons (Fsp3) is 0.318. The first-order valence-corrected chi connectivity index (χ1v) is 9.88. The number of hydrogen-bond acceptors (Lipinski definition) is 4. The maximum Gasteiger partial charge on any atom is 0.335 e. The Bertz CT molecular complexity index is 1280. The normalized spacial score (nSPS) is 21.4. The molecule has 30 heavy (non-hydrogen) atoms. The molecule has 1 aliphatic rings. The summed E-state index contributed by atoms with van der Waals surface area (Å²) in [4.78, 5) is 16.2. The number of nitrogens with zero attached hydrogens (tertiary/aromatic N) is 3. The van der Waals surface area contributed by atoms with Crippen LogP contribution in [0.15, 0.2) is 36.5 Å². The third kappa shape index (κ3) is 2.64. The van der Waals surface area contributed by atoms with E-state index >= 15 is 0 Å². The summed E-state index contributed by atoms with van der Waals surface area (Å²) in [5.41, 5.74) is 3.25. The lowest BCUT2D eigenvalue weighted by atomic mass is 9.67. The van der Waals surface area contributed by atoms with Gasteiger partial charge in [-0.15, -0.1) is 0 Å². The maximum atomic E-state index is 13.6. The minimum absolute atomic E-state index is 0.0919. The topological polar surface area (TPSA) is 104 Å². The summed E-state index contributed by atoms with van der Waals surface area (Å²) in [6, 6.07) is 8.27. The van der Waals surface area contributed by atoms with Gasteiger partial charge in [-0.05, 0) is 55.0 Å². The molecule has 5 rings (SSSR count). The Hall–Kier alpha value is -3.26. The van der Waals surface area contributed by atoms with Crippen molar-refractivity contribution in [1.29, 1.82) is 0 Å². The summed E-state index contributed by atoms with van der Waals surface area (Å²) in [6.07, 6.45) is 1.96. The van der Waals surface area contributed by atoms with Crippen molar-refractivity contribution in [3.05, 3.63) is 53.6 Å². The quantitative estimate of drug-likeness (QED) is 0.476. The van der Waals surface area contributed by atoms with E-state index in [4.69, 9.17) is 4.98 Å². The van der Waals surface area contributed by atoms with Crippen molar-refractivity contribution in [3.8, 4) is 5.69 Å². The predicted octanol–water partition coefficient (Wildman–Crippen LogP) is 3.86. The standard InChI is InChI=1S/C22H21FN4O3/c1-11(2)19-17(13-8-22(30,9-13)21(28)29)18-16(7-12-10-24-26-20(12)25-18)27(19)15-5-3-14(23)4-6-15/h3-7,10-11,13,30H,8-9H2,1-2H3,(H,28,29)(H,24,25,26)/t13-,22+. The Kier molecular flexibility index (Phi) is 3.98. The second-order valence-electron chi connectivity index (χ2n) is 8.37. The van der Waals surface area contributed by atoms with E-state index in [0.717, 1.165) is 33.4 Å². The van der Waals surface area contributed by atoms with Crippen LogP contribution in [0.1, 0.15) is 49.8 Å². The Morgan fingerprint density at radius 3 is 2.63 bits per heavy atom. The number of carbonyl (C=O) groups is 1. The molecule has 0 spiro atoms. The van der Waals surface area contributed by atoms with E-state index in [-0.39, 0.29) is 30.5 Å². The van der Waals surface area contributed by atoms with Gasteiger partial charge in [0.25, 0.3) is 0 Å². The number of hydrogen-bond donors (Lipinski definition) is 3. The van der Waals surface area contributed by atoms with Crippen molar-refractivity contribution < 1.29 is 19.4 Å². The minimum atomic E-state index is -1.71. The van der Waals surface area contributed by atoms with Gasteiger partial charge in [-0.25, -0.2) is 14.2 Å². The van der Waals surface area contributed by atoms with Gasteiger partial charge >= 0.3 is 5.97 Å². The summed E-state index contributed by atoms with van der Waals surface area (Å²) in [5, 5.41) is 27.5.